The average molecular weight is 164 g/mol. The Labute approximate surface area is 69.8 Å². The van der Waals surface area contributed by atoms with Crippen LogP contribution in [0.15, 0.2) is 16.5 Å². The van der Waals surface area contributed by atoms with Crippen molar-refractivity contribution < 1.29 is 9.21 Å². The summed E-state index contributed by atoms with van der Waals surface area (Å²) in [4.78, 5) is 10.1. The van der Waals surface area contributed by atoms with Gasteiger partial charge in [0.25, 0.3) is 0 Å². The van der Waals surface area contributed by atoms with Gasteiger partial charge in [0.2, 0.25) is 6.41 Å². The molecule has 0 radical (unpaired) electrons. The second-order valence-electron chi connectivity index (χ2n) is 2.30. The van der Waals surface area contributed by atoms with E-state index in [-0.39, 0.29) is 0 Å². The first-order valence-corrected chi connectivity index (χ1v) is 3.43. The zero-order valence-electron chi connectivity index (χ0n) is 6.57. The predicted octanol–water partition coefficient (Wildman–Crippen LogP) is 0.899. The maximum Gasteiger partial charge on any atom is 0.208 e. The highest BCUT2D eigenvalue weighted by Crippen LogP contribution is 2.14. The van der Waals surface area contributed by atoms with Crippen LogP contribution in [0.4, 0.5) is 0 Å². The summed E-state index contributed by atoms with van der Waals surface area (Å²) in [5.74, 6) is 1.18. The Morgan fingerprint density at radius 3 is 2.92 bits per heavy atom. The minimum absolute atomic E-state index is 0.460. The Morgan fingerprint density at radius 2 is 2.50 bits per heavy atom. The number of carbonyl (C=O) groups excluding carboxylic acids is 1. The molecule has 62 valence electrons. The van der Waals surface area contributed by atoms with Gasteiger partial charge >= 0.3 is 0 Å². The Kier molecular flexibility index (Phi) is 2.49. The Balaban J connectivity index is 2.81. The largest absolute Gasteiger partial charge is 0.463 e. The maximum absolute atomic E-state index is 10.1. The van der Waals surface area contributed by atoms with Gasteiger partial charge in [0.05, 0.1) is 6.07 Å². The molecule has 1 rings (SSSR count). The summed E-state index contributed by atoms with van der Waals surface area (Å²) in [6, 6.07) is 4.62. The Morgan fingerprint density at radius 1 is 1.75 bits per heavy atom. The molecule has 0 bridgehead atoms. The van der Waals surface area contributed by atoms with Crippen molar-refractivity contribution in [3.8, 4) is 6.07 Å². The number of rotatable bonds is 3. The van der Waals surface area contributed by atoms with Gasteiger partial charge in [0.15, 0.2) is 6.04 Å². The van der Waals surface area contributed by atoms with Crippen LogP contribution in [0.1, 0.15) is 17.6 Å². The smallest absolute Gasteiger partial charge is 0.208 e. The molecule has 1 aromatic heterocycles. The van der Waals surface area contributed by atoms with Gasteiger partial charge < -0.3 is 9.73 Å². The lowest BCUT2D eigenvalue weighted by Crippen LogP contribution is -2.16. The summed E-state index contributed by atoms with van der Waals surface area (Å²) >= 11 is 0. The van der Waals surface area contributed by atoms with Crippen LogP contribution in [0.25, 0.3) is 0 Å². The van der Waals surface area contributed by atoms with Crippen LogP contribution in [-0.4, -0.2) is 6.41 Å². The first kappa shape index (κ1) is 8.34. The Hall–Kier alpha value is -1.76. The molecule has 0 aliphatic rings. The third-order valence-corrected chi connectivity index (χ3v) is 1.41. The van der Waals surface area contributed by atoms with Gasteiger partial charge in [-0.1, -0.05) is 0 Å². The summed E-state index contributed by atoms with van der Waals surface area (Å²) < 4.78 is 5.15. The Bertz CT molecular complexity index is 311. The van der Waals surface area contributed by atoms with Crippen molar-refractivity contribution in [2.24, 2.45) is 0 Å². The SMILES string of the molecule is Cc1ccc(C(C#N)NC=O)o1. The average Bonchev–Trinajstić information content (AvgIpc) is 2.47. The molecule has 0 aromatic carbocycles. The molecule has 0 aliphatic carbocycles. The minimum Gasteiger partial charge on any atom is -0.463 e. The molecule has 0 saturated heterocycles. The van der Waals surface area contributed by atoms with Gasteiger partial charge in [-0.3, -0.25) is 4.79 Å². The van der Waals surface area contributed by atoms with Crippen LogP contribution in [0, 0.1) is 18.3 Å². The number of nitriles is 1. The number of hydrogen-bond donors (Lipinski definition) is 1. The highest BCUT2D eigenvalue weighted by molar-refractivity contribution is 5.48. The molecule has 1 heterocycles. The third kappa shape index (κ3) is 1.64. The second kappa shape index (κ2) is 3.58. The minimum atomic E-state index is -0.684. The second-order valence-corrected chi connectivity index (χ2v) is 2.30. The zero-order valence-corrected chi connectivity index (χ0v) is 6.57. The van der Waals surface area contributed by atoms with Crippen LogP contribution in [0.2, 0.25) is 0 Å². The van der Waals surface area contributed by atoms with Crippen molar-refractivity contribution in [3.63, 3.8) is 0 Å². The van der Waals surface area contributed by atoms with Gasteiger partial charge in [-0.25, -0.2) is 0 Å². The summed E-state index contributed by atoms with van der Waals surface area (Å²) in [5.41, 5.74) is 0. The molecule has 0 spiro atoms. The topological polar surface area (TPSA) is 66.0 Å². The standard InChI is InChI=1S/C8H8N2O2/c1-6-2-3-8(12-6)7(4-9)10-5-11/h2-3,5,7H,1H3,(H,10,11). The molecule has 1 amide bonds. The van der Waals surface area contributed by atoms with E-state index in [1.54, 1.807) is 19.1 Å². The number of furan rings is 1. The van der Waals surface area contributed by atoms with E-state index in [4.69, 9.17) is 9.68 Å². The van der Waals surface area contributed by atoms with Gasteiger partial charge in [-0.05, 0) is 19.1 Å². The molecule has 1 atom stereocenters. The first-order valence-electron chi connectivity index (χ1n) is 3.43. The predicted molar refractivity (Wildman–Crippen MR) is 41.0 cm³/mol. The summed E-state index contributed by atoms with van der Waals surface area (Å²) in [6.45, 7) is 1.78. The number of aryl methyl sites for hydroxylation is 1. The molecule has 4 heteroatoms. The first-order chi connectivity index (χ1) is 5.77. The molecular formula is C8H8N2O2. The quantitative estimate of drug-likeness (QED) is 0.675. The zero-order chi connectivity index (χ0) is 8.97. The lowest BCUT2D eigenvalue weighted by atomic mass is 10.2. The van der Waals surface area contributed by atoms with Crippen LogP contribution >= 0.6 is 0 Å². The fraction of sp³-hybridized carbons (Fsp3) is 0.250. The van der Waals surface area contributed by atoms with Crippen LogP contribution in [0.5, 0.6) is 0 Å². The maximum atomic E-state index is 10.1. The van der Waals surface area contributed by atoms with E-state index in [0.29, 0.717) is 12.2 Å². The summed E-state index contributed by atoms with van der Waals surface area (Å²) in [7, 11) is 0. The molecular weight excluding hydrogens is 156 g/mol. The van der Waals surface area contributed by atoms with Crippen LogP contribution in [0.3, 0.4) is 0 Å². The number of hydrogen-bond acceptors (Lipinski definition) is 3. The van der Waals surface area contributed by atoms with E-state index in [0.717, 1.165) is 5.76 Å². The lowest BCUT2D eigenvalue weighted by molar-refractivity contribution is -0.110. The van der Waals surface area contributed by atoms with Gasteiger partial charge in [-0.2, -0.15) is 5.26 Å². The molecule has 0 saturated carbocycles. The van der Waals surface area contributed by atoms with Crippen LogP contribution < -0.4 is 5.32 Å². The van der Waals surface area contributed by atoms with Crippen molar-refractivity contribution in [2.75, 3.05) is 0 Å². The molecule has 12 heavy (non-hydrogen) atoms. The number of nitrogens with zero attached hydrogens (tertiary/aromatic N) is 1. The molecule has 1 aromatic rings. The van der Waals surface area contributed by atoms with Crippen molar-refractivity contribution in [2.45, 2.75) is 13.0 Å². The van der Waals surface area contributed by atoms with Crippen molar-refractivity contribution in [3.05, 3.63) is 23.7 Å². The number of amides is 1. The van der Waals surface area contributed by atoms with E-state index >= 15 is 0 Å². The van der Waals surface area contributed by atoms with E-state index < -0.39 is 6.04 Å². The molecule has 0 fully saturated rings. The van der Waals surface area contributed by atoms with E-state index in [2.05, 4.69) is 5.32 Å². The van der Waals surface area contributed by atoms with Crippen molar-refractivity contribution >= 4 is 6.41 Å². The molecule has 4 nitrogen and oxygen atoms in total. The summed E-state index contributed by atoms with van der Waals surface area (Å²) in [5, 5.41) is 10.9. The van der Waals surface area contributed by atoms with Crippen molar-refractivity contribution in [1.82, 2.24) is 5.32 Å². The van der Waals surface area contributed by atoms with Gasteiger partial charge in [-0.15, -0.1) is 0 Å². The van der Waals surface area contributed by atoms with Crippen molar-refractivity contribution in [1.29, 1.82) is 5.26 Å². The highest BCUT2D eigenvalue weighted by atomic mass is 16.3. The lowest BCUT2D eigenvalue weighted by Gasteiger charge is -2.01. The highest BCUT2D eigenvalue weighted by Gasteiger charge is 2.11. The van der Waals surface area contributed by atoms with Crippen LogP contribution in [-0.2, 0) is 4.79 Å². The number of nitrogens with one attached hydrogen (secondary N) is 1. The monoisotopic (exact) mass is 164 g/mol. The van der Waals surface area contributed by atoms with E-state index in [1.165, 1.54) is 0 Å². The molecule has 1 N–H and O–H groups in total. The van der Waals surface area contributed by atoms with E-state index in [9.17, 15) is 4.79 Å². The third-order valence-electron chi connectivity index (χ3n) is 1.41. The molecule has 1 unspecified atom stereocenters. The fourth-order valence-electron chi connectivity index (χ4n) is 0.860. The van der Waals surface area contributed by atoms with Gasteiger partial charge in [0.1, 0.15) is 11.5 Å². The van der Waals surface area contributed by atoms with E-state index in [1.807, 2.05) is 6.07 Å². The summed E-state index contributed by atoms with van der Waals surface area (Å²) in [6.07, 6.45) is 0.478. The van der Waals surface area contributed by atoms with Gasteiger partial charge in [0, 0.05) is 0 Å². The normalized spacial score (nSPS) is 11.7. The molecule has 0 aliphatic heterocycles. The number of carbonyl (C=O) groups is 1. The fourth-order valence-corrected chi connectivity index (χ4v) is 0.860.